The van der Waals surface area contributed by atoms with E-state index in [-0.39, 0.29) is 0 Å². The van der Waals surface area contributed by atoms with Gasteiger partial charge in [0, 0.05) is 23.2 Å². The minimum atomic E-state index is -4.52. The molecule has 2 aromatic carbocycles. The van der Waals surface area contributed by atoms with Gasteiger partial charge in [0.1, 0.15) is 12.2 Å². The minimum Gasteiger partial charge on any atom is -0.366 e. The summed E-state index contributed by atoms with van der Waals surface area (Å²) in [6, 6.07) is 13.8. The minimum absolute atomic E-state index is 0.431. The molecule has 8 heteroatoms. The van der Waals surface area contributed by atoms with Crippen LogP contribution in [0, 0.1) is 0 Å². The lowest BCUT2D eigenvalue weighted by atomic mass is 9.89. The number of rotatable bonds is 3. The van der Waals surface area contributed by atoms with Gasteiger partial charge in [-0.3, -0.25) is 9.80 Å². The number of hydrogen-bond acceptors (Lipinski definition) is 3. The maximum Gasteiger partial charge on any atom is 0.406 e. The van der Waals surface area contributed by atoms with Crippen LogP contribution in [-0.2, 0) is 11.2 Å². The summed E-state index contributed by atoms with van der Waals surface area (Å²) in [7, 11) is 0. The van der Waals surface area contributed by atoms with E-state index < -0.39 is 30.2 Å². The lowest BCUT2D eigenvalue weighted by Crippen LogP contribution is -2.53. The number of hydrazine groups is 1. The van der Waals surface area contributed by atoms with Gasteiger partial charge in [-0.15, -0.1) is 0 Å². The molecule has 1 saturated heterocycles. The summed E-state index contributed by atoms with van der Waals surface area (Å²) in [5.74, 6) is -1.51. The van der Waals surface area contributed by atoms with E-state index >= 15 is 0 Å². The molecule has 0 aliphatic carbocycles. The molecule has 2 N–H and O–H groups in total. The van der Waals surface area contributed by atoms with Crippen molar-refractivity contribution in [2.24, 2.45) is 0 Å². The predicted molar refractivity (Wildman–Crippen MR) is 99.2 cm³/mol. The molecule has 0 saturated carbocycles. The SMILES string of the molecule is O=C1C=C(Cc2ccccc2)NC2C(c3ccc(Cl)cc3)C(C(F)(F)F)NN12. The Bertz CT molecular complexity index is 899. The van der Waals surface area contributed by atoms with Crippen molar-refractivity contribution in [1.29, 1.82) is 0 Å². The van der Waals surface area contributed by atoms with E-state index in [1.165, 1.54) is 6.08 Å². The number of nitrogens with one attached hydrogen (secondary N) is 2. The third-order valence-electron chi connectivity index (χ3n) is 4.97. The Kier molecular flexibility index (Phi) is 4.81. The summed E-state index contributed by atoms with van der Waals surface area (Å²) >= 11 is 5.89. The molecule has 4 rings (SSSR count). The van der Waals surface area contributed by atoms with Gasteiger partial charge >= 0.3 is 6.18 Å². The van der Waals surface area contributed by atoms with Gasteiger partial charge in [-0.2, -0.15) is 13.2 Å². The number of fused-ring (bicyclic) bond motifs is 1. The van der Waals surface area contributed by atoms with Crippen LogP contribution in [0.5, 0.6) is 0 Å². The molecule has 28 heavy (non-hydrogen) atoms. The second kappa shape index (κ2) is 7.14. The third-order valence-corrected chi connectivity index (χ3v) is 5.22. The van der Waals surface area contributed by atoms with Gasteiger partial charge in [-0.1, -0.05) is 54.1 Å². The lowest BCUT2D eigenvalue weighted by Gasteiger charge is -2.33. The summed E-state index contributed by atoms with van der Waals surface area (Å²) in [5.41, 5.74) is 4.35. The van der Waals surface area contributed by atoms with Crippen LogP contribution in [0.25, 0.3) is 0 Å². The Balaban J connectivity index is 1.67. The molecular formula is C20H17ClF3N3O. The van der Waals surface area contributed by atoms with Crippen molar-refractivity contribution < 1.29 is 18.0 Å². The molecule has 2 aliphatic heterocycles. The largest absolute Gasteiger partial charge is 0.406 e. The Morgan fingerprint density at radius 1 is 1.04 bits per heavy atom. The molecule has 1 fully saturated rings. The quantitative estimate of drug-likeness (QED) is 0.814. The molecule has 0 spiro atoms. The molecule has 0 aromatic heterocycles. The highest BCUT2D eigenvalue weighted by Crippen LogP contribution is 2.41. The number of allylic oxidation sites excluding steroid dienone is 1. The fourth-order valence-electron chi connectivity index (χ4n) is 3.71. The first kappa shape index (κ1) is 18.8. The molecule has 1 amide bonds. The van der Waals surface area contributed by atoms with Crippen molar-refractivity contribution in [2.75, 3.05) is 0 Å². The number of alkyl halides is 3. The molecule has 2 aromatic rings. The second-order valence-corrected chi connectivity index (χ2v) is 7.29. The summed E-state index contributed by atoms with van der Waals surface area (Å²) < 4.78 is 41.1. The number of hydrogen-bond donors (Lipinski definition) is 2. The number of benzene rings is 2. The molecular weight excluding hydrogens is 391 g/mol. The summed E-state index contributed by atoms with van der Waals surface area (Å²) in [6.45, 7) is 0. The Morgan fingerprint density at radius 3 is 2.36 bits per heavy atom. The Morgan fingerprint density at radius 2 is 1.71 bits per heavy atom. The Hall–Kier alpha value is -2.51. The smallest absolute Gasteiger partial charge is 0.366 e. The topological polar surface area (TPSA) is 44.4 Å². The van der Waals surface area contributed by atoms with Crippen molar-refractivity contribution in [3.8, 4) is 0 Å². The number of nitrogens with zero attached hydrogens (tertiary/aromatic N) is 1. The van der Waals surface area contributed by atoms with E-state index in [1.54, 1.807) is 24.3 Å². The summed E-state index contributed by atoms with van der Waals surface area (Å²) in [6.07, 6.45) is -3.61. The van der Waals surface area contributed by atoms with Crippen LogP contribution in [0.4, 0.5) is 13.2 Å². The van der Waals surface area contributed by atoms with Gasteiger partial charge in [0.15, 0.2) is 0 Å². The van der Waals surface area contributed by atoms with Crippen LogP contribution in [0.15, 0.2) is 66.4 Å². The molecule has 0 radical (unpaired) electrons. The van der Waals surface area contributed by atoms with Crippen molar-refractivity contribution in [2.45, 2.75) is 30.7 Å². The van der Waals surface area contributed by atoms with E-state index in [1.807, 2.05) is 30.3 Å². The van der Waals surface area contributed by atoms with Crippen molar-refractivity contribution in [1.82, 2.24) is 15.8 Å². The average molecular weight is 408 g/mol. The van der Waals surface area contributed by atoms with Gasteiger partial charge in [0.2, 0.25) is 0 Å². The number of carbonyl (C=O) groups excluding carboxylic acids is 1. The molecule has 3 atom stereocenters. The third kappa shape index (κ3) is 3.59. The standard InChI is InChI=1S/C20H17ClF3N3O/c21-14-8-6-13(7-9-14)17-18(20(22,23)24)26-27-16(28)11-15(25-19(17)27)10-12-4-2-1-3-5-12/h1-9,11,17-19,25-26H,10H2. The number of amides is 1. The highest BCUT2D eigenvalue weighted by atomic mass is 35.5. The van der Waals surface area contributed by atoms with Crippen molar-refractivity contribution in [3.05, 3.63) is 82.5 Å². The molecule has 2 heterocycles. The van der Waals surface area contributed by atoms with Crippen LogP contribution in [0.2, 0.25) is 5.02 Å². The van der Waals surface area contributed by atoms with Crippen LogP contribution in [-0.4, -0.2) is 29.3 Å². The normalized spacial score (nSPS) is 24.6. The van der Waals surface area contributed by atoms with E-state index in [2.05, 4.69) is 10.7 Å². The van der Waals surface area contributed by atoms with E-state index in [0.29, 0.717) is 22.7 Å². The fourth-order valence-corrected chi connectivity index (χ4v) is 3.84. The van der Waals surface area contributed by atoms with Gasteiger partial charge in [-0.25, -0.2) is 5.43 Å². The van der Waals surface area contributed by atoms with E-state index in [9.17, 15) is 18.0 Å². The monoisotopic (exact) mass is 407 g/mol. The first-order chi connectivity index (χ1) is 13.3. The highest BCUT2D eigenvalue weighted by molar-refractivity contribution is 6.30. The van der Waals surface area contributed by atoms with Crippen molar-refractivity contribution >= 4 is 17.5 Å². The number of halogens is 4. The zero-order valence-corrected chi connectivity index (χ0v) is 15.3. The molecule has 4 nitrogen and oxygen atoms in total. The lowest BCUT2D eigenvalue weighted by molar-refractivity contribution is -0.161. The van der Waals surface area contributed by atoms with E-state index in [0.717, 1.165) is 10.6 Å². The molecule has 0 bridgehead atoms. The van der Waals surface area contributed by atoms with Gasteiger partial charge in [-0.05, 0) is 23.3 Å². The first-order valence-corrected chi connectivity index (χ1v) is 9.13. The summed E-state index contributed by atoms with van der Waals surface area (Å²) in [4.78, 5) is 12.5. The van der Waals surface area contributed by atoms with Crippen LogP contribution in [0.3, 0.4) is 0 Å². The predicted octanol–water partition coefficient (Wildman–Crippen LogP) is 3.76. The van der Waals surface area contributed by atoms with Gasteiger partial charge in [0.25, 0.3) is 5.91 Å². The zero-order valence-electron chi connectivity index (χ0n) is 14.6. The molecule has 3 unspecified atom stereocenters. The van der Waals surface area contributed by atoms with Crippen LogP contribution in [0.1, 0.15) is 17.0 Å². The Labute approximate surface area is 164 Å². The maximum absolute atomic E-state index is 13.7. The zero-order chi connectivity index (χ0) is 19.9. The first-order valence-electron chi connectivity index (χ1n) is 8.75. The van der Waals surface area contributed by atoms with Crippen LogP contribution >= 0.6 is 11.6 Å². The van der Waals surface area contributed by atoms with Crippen molar-refractivity contribution in [3.63, 3.8) is 0 Å². The second-order valence-electron chi connectivity index (χ2n) is 6.86. The van der Waals surface area contributed by atoms with Gasteiger partial charge in [0.05, 0.1) is 5.92 Å². The van der Waals surface area contributed by atoms with E-state index in [4.69, 9.17) is 11.6 Å². The molecule has 2 aliphatic rings. The van der Waals surface area contributed by atoms with Gasteiger partial charge < -0.3 is 5.32 Å². The average Bonchev–Trinajstić information content (AvgIpc) is 3.04. The fraction of sp³-hybridized carbons (Fsp3) is 0.250. The maximum atomic E-state index is 13.7. The highest BCUT2D eigenvalue weighted by Gasteiger charge is 2.56. The van der Waals surface area contributed by atoms with Crippen LogP contribution < -0.4 is 10.7 Å². The molecule has 146 valence electrons. The number of carbonyl (C=O) groups is 1. The summed E-state index contributed by atoms with van der Waals surface area (Å²) in [5, 5.41) is 4.60.